The maximum absolute atomic E-state index is 13.6. The molecule has 44 heavy (non-hydrogen) atoms. The Morgan fingerprint density at radius 2 is 1.73 bits per heavy atom. The number of nitrogens with zero attached hydrogens (tertiary/aromatic N) is 1. The molecule has 1 unspecified atom stereocenters. The highest BCUT2D eigenvalue weighted by atomic mass is 32.1. The monoisotopic (exact) mass is 610 g/mol. The summed E-state index contributed by atoms with van der Waals surface area (Å²) in [6, 6.07) is 19.1. The minimum absolute atomic E-state index is 0.0707. The van der Waals surface area contributed by atoms with Crippen molar-refractivity contribution in [1.82, 2.24) is 10.3 Å². The van der Waals surface area contributed by atoms with Crippen LogP contribution in [0.3, 0.4) is 0 Å². The Balaban J connectivity index is 1.42. The first-order chi connectivity index (χ1) is 21.0. The van der Waals surface area contributed by atoms with E-state index in [4.69, 9.17) is 14.5 Å². The number of ether oxygens (including phenoxy) is 2. The van der Waals surface area contributed by atoms with Gasteiger partial charge in [-0.15, -0.1) is 11.3 Å². The summed E-state index contributed by atoms with van der Waals surface area (Å²) in [6.45, 7) is 12.5. The molecular weight excluding hydrogens is 568 g/mol. The minimum atomic E-state index is -0.833. The van der Waals surface area contributed by atoms with Crippen molar-refractivity contribution in [2.45, 2.75) is 77.7 Å². The first-order valence-corrected chi connectivity index (χ1v) is 16.2. The second-order valence-electron chi connectivity index (χ2n) is 12.9. The summed E-state index contributed by atoms with van der Waals surface area (Å²) in [7, 11) is 1.34. The van der Waals surface area contributed by atoms with Crippen LogP contribution in [0.25, 0.3) is 16.3 Å². The third-order valence-corrected chi connectivity index (χ3v) is 9.58. The van der Waals surface area contributed by atoms with Gasteiger partial charge in [0.1, 0.15) is 23.2 Å². The number of benzene rings is 2. The molecule has 0 aliphatic heterocycles. The smallest absolute Gasteiger partial charge is 0.328 e. The van der Waals surface area contributed by atoms with Gasteiger partial charge in [0.05, 0.1) is 7.11 Å². The van der Waals surface area contributed by atoms with Crippen LogP contribution in [0.15, 0.2) is 67.2 Å². The standard InChI is InChI=1S/C37H42N2O4S/c1-23(2)34-18-17-29(44-34)22-33(36(41)42-6)39-35(40)32-20-25-11-14-28(43-27-15-12-26(13-16-27)37(3,4)5)21-30(25)31(38-32)19-24-9-7-8-10-24/h11-18,20-21,24,33H,1,7-10,19,22H2,2-6H3,(H,39,40). The Labute approximate surface area is 264 Å². The summed E-state index contributed by atoms with van der Waals surface area (Å²) < 4.78 is 11.3. The van der Waals surface area contributed by atoms with E-state index in [2.05, 4.69) is 44.8 Å². The summed E-state index contributed by atoms with van der Waals surface area (Å²) in [5.41, 5.74) is 3.45. The molecule has 1 aliphatic rings. The molecule has 1 fully saturated rings. The van der Waals surface area contributed by atoms with Crippen LogP contribution >= 0.6 is 11.3 Å². The van der Waals surface area contributed by atoms with Gasteiger partial charge >= 0.3 is 5.97 Å². The van der Waals surface area contributed by atoms with Crippen LogP contribution in [0.5, 0.6) is 11.5 Å². The predicted octanol–water partition coefficient (Wildman–Crippen LogP) is 8.67. The molecule has 2 aromatic heterocycles. The number of thiophene rings is 1. The third kappa shape index (κ3) is 7.56. The van der Waals surface area contributed by atoms with Crippen molar-refractivity contribution in [3.8, 4) is 11.5 Å². The van der Waals surface area contributed by atoms with Crippen molar-refractivity contribution in [3.63, 3.8) is 0 Å². The SMILES string of the molecule is C=C(C)c1ccc(CC(NC(=O)c2cc3ccc(Oc4ccc(C(C)(C)C)cc4)cc3c(CC3CCCC3)n2)C(=O)OC)s1. The van der Waals surface area contributed by atoms with Crippen LogP contribution in [0, 0.1) is 5.92 Å². The van der Waals surface area contributed by atoms with Crippen molar-refractivity contribution in [2.75, 3.05) is 7.11 Å². The highest BCUT2D eigenvalue weighted by molar-refractivity contribution is 7.13. The van der Waals surface area contributed by atoms with Crippen molar-refractivity contribution in [1.29, 1.82) is 0 Å². The second-order valence-corrected chi connectivity index (χ2v) is 14.0. The van der Waals surface area contributed by atoms with Gasteiger partial charge in [-0.25, -0.2) is 9.78 Å². The zero-order valence-electron chi connectivity index (χ0n) is 26.4. The molecule has 1 N–H and O–H groups in total. The Morgan fingerprint density at radius 1 is 1.02 bits per heavy atom. The maximum atomic E-state index is 13.6. The van der Waals surface area contributed by atoms with Crippen LogP contribution in [-0.2, 0) is 27.8 Å². The van der Waals surface area contributed by atoms with Crippen molar-refractivity contribution < 1.29 is 19.1 Å². The number of rotatable bonds is 10. The number of carbonyl (C=O) groups excluding carboxylic acids is 2. The number of hydrogen-bond donors (Lipinski definition) is 1. The molecule has 0 saturated heterocycles. The predicted molar refractivity (Wildman–Crippen MR) is 179 cm³/mol. The van der Waals surface area contributed by atoms with Gasteiger partial charge in [0.15, 0.2) is 0 Å². The summed E-state index contributed by atoms with van der Waals surface area (Å²) in [5, 5.41) is 4.79. The molecule has 1 atom stereocenters. The van der Waals surface area contributed by atoms with E-state index in [1.54, 1.807) is 17.4 Å². The zero-order chi connectivity index (χ0) is 31.4. The molecular formula is C37H42N2O4S. The molecule has 4 aromatic rings. The number of allylic oxidation sites excluding steroid dienone is 1. The molecule has 0 radical (unpaired) electrons. The Kier molecular flexibility index (Phi) is 9.54. The first-order valence-electron chi connectivity index (χ1n) is 15.4. The Bertz CT molecular complexity index is 1660. The number of carbonyl (C=O) groups is 2. The first kappa shape index (κ1) is 31.5. The Hall–Kier alpha value is -3.97. The van der Waals surface area contributed by atoms with E-state index in [0.717, 1.165) is 62.6 Å². The largest absolute Gasteiger partial charge is 0.467 e. The van der Waals surface area contributed by atoms with Gasteiger partial charge in [0.2, 0.25) is 0 Å². The summed E-state index contributed by atoms with van der Waals surface area (Å²) in [5.74, 6) is 1.14. The van der Waals surface area contributed by atoms with Crippen LogP contribution in [0.2, 0.25) is 0 Å². The lowest BCUT2D eigenvalue weighted by atomic mass is 9.87. The maximum Gasteiger partial charge on any atom is 0.328 e. The van der Waals surface area contributed by atoms with Gasteiger partial charge in [0.25, 0.3) is 5.91 Å². The molecule has 0 bridgehead atoms. The number of fused-ring (bicyclic) bond motifs is 1. The van der Waals surface area contributed by atoms with Gasteiger partial charge in [0, 0.05) is 27.3 Å². The van der Waals surface area contributed by atoms with Crippen molar-refractivity contribution >= 4 is 39.6 Å². The number of aromatic nitrogens is 1. The molecule has 6 nitrogen and oxygen atoms in total. The molecule has 1 aliphatic carbocycles. The lowest BCUT2D eigenvalue weighted by Crippen LogP contribution is -2.43. The average molecular weight is 611 g/mol. The van der Waals surface area contributed by atoms with Crippen molar-refractivity contribution in [2.24, 2.45) is 5.92 Å². The fourth-order valence-electron chi connectivity index (χ4n) is 5.76. The molecule has 7 heteroatoms. The number of amides is 1. The number of hydrogen-bond acceptors (Lipinski definition) is 6. The van der Waals surface area contributed by atoms with E-state index in [-0.39, 0.29) is 5.41 Å². The van der Waals surface area contributed by atoms with E-state index in [0.29, 0.717) is 18.0 Å². The van der Waals surface area contributed by atoms with E-state index in [9.17, 15) is 9.59 Å². The van der Waals surface area contributed by atoms with E-state index in [1.807, 2.05) is 49.4 Å². The zero-order valence-corrected chi connectivity index (χ0v) is 27.2. The molecule has 2 heterocycles. The topological polar surface area (TPSA) is 77.5 Å². The summed E-state index contributed by atoms with van der Waals surface area (Å²) in [6.07, 6.45) is 5.88. The molecule has 2 aromatic carbocycles. The van der Waals surface area contributed by atoms with E-state index >= 15 is 0 Å². The normalized spacial score (nSPS) is 14.4. The molecule has 230 valence electrons. The fraction of sp³-hybridized carbons (Fsp3) is 0.378. The number of pyridine rings is 1. The van der Waals surface area contributed by atoms with Gasteiger partial charge in [-0.05, 0) is 83.7 Å². The third-order valence-electron chi connectivity index (χ3n) is 8.31. The quantitative estimate of drug-likeness (QED) is 0.182. The second kappa shape index (κ2) is 13.3. The molecule has 5 rings (SSSR count). The lowest BCUT2D eigenvalue weighted by molar-refractivity contribution is -0.142. The Morgan fingerprint density at radius 3 is 2.36 bits per heavy atom. The van der Waals surface area contributed by atoms with Gasteiger partial charge in [-0.3, -0.25) is 4.79 Å². The minimum Gasteiger partial charge on any atom is -0.467 e. The number of esters is 1. The molecule has 1 amide bonds. The molecule has 1 saturated carbocycles. The van der Waals surface area contributed by atoms with Crippen molar-refractivity contribution in [3.05, 3.63) is 93.9 Å². The van der Waals surface area contributed by atoms with Crippen LogP contribution in [-0.4, -0.2) is 30.0 Å². The highest BCUT2D eigenvalue weighted by Crippen LogP contribution is 2.33. The lowest BCUT2D eigenvalue weighted by Gasteiger charge is -2.19. The fourth-order valence-corrected chi connectivity index (χ4v) is 6.74. The summed E-state index contributed by atoms with van der Waals surface area (Å²) >= 11 is 1.56. The average Bonchev–Trinajstić information content (AvgIpc) is 3.69. The van der Waals surface area contributed by atoms with Gasteiger partial charge in [-0.2, -0.15) is 0 Å². The van der Waals surface area contributed by atoms with Gasteiger partial charge < -0.3 is 14.8 Å². The number of nitrogens with one attached hydrogen (secondary N) is 1. The number of methoxy groups -OCH3 is 1. The molecule has 0 spiro atoms. The highest BCUT2D eigenvalue weighted by Gasteiger charge is 2.26. The van der Waals surface area contributed by atoms with E-state index < -0.39 is 17.9 Å². The summed E-state index contributed by atoms with van der Waals surface area (Å²) in [4.78, 5) is 33.2. The van der Waals surface area contributed by atoms with Gasteiger partial charge in [-0.1, -0.05) is 71.2 Å². The van der Waals surface area contributed by atoms with Crippen LogP contribution in [0.1, 0.15) is 84.9 Å². The van der Waals surface area contributed by atoms with E-state index in [1.165, 1.54) is 25.5 Å². The van der Waals surface area contributed by atoms with Crippen LogP contribution in [0.4, 0.5) is 0 Å². The van der Waals surface area contributed by atoms with Crippen LogP contribution < -0.4 is 10.1 Å².